The molecule has 1 aliphatic heterocycles. The van der Waals surface area contributed by atoms with E-state index in [0.717, 1.165) is 32.4 Å². The van der Waals surface area contributed by atoms with Gasteiger partial charge in [0.2, 0.25) is 0 Å². The standard InChI is InChI=1S/C12H25NO2/c1-5-12(3)8-11(6-7-15-12)13-9-10(2)14-4/h10-11,13H,5-9H2,1-4H3. The molecule has 1 N–H and O–H groups in total. The summed E-state index contributed by atoms with van der Waals surface area (Å²) in [5.41, 5.74) is 0.0756. The first-order valence-corrected chi connectivity index (χ1v) is 6.00. The molecule has 1 saturated heterocycles. The first-order valence-electron chi connectivity index (χ1n) is 6.00. The Bertz CT molecular complexity index is 186. The largest absolute Gasteiger partial charge is 0.380 e. The van der Waals surface area contributed by atoms with Gasteiger partial charge in [-0.3, -0.25) is 0 Å². The van der Waals surface area contributed by atoms with Gasteiger partial charge >= 0.3 is 0 Å². The van der Waals surface area contributed by atoms with Gasteiger partial charge in [-0.1, -0.05) is 6.92 Å². The van der Waals surface area contributed by atoms with Crippen molar-refractivity contribution in [3.8, 4) is 0 Å². The Morgan fingerprint density at radius 3 is 2.93 bits per heavy atom. The summed E-state index contributed by atoms with van der Waals surface area (Å²) in [7, 11) is 1.76. The van der Waals surface area contributed by atoms with Crippen LogP contribution >= 0.6 is 0 Å². The lowest BCUT2D eigenvalue weighted by Crippen LogP contribution is -2.46. The highest BCUT2D eigenvalue weighted by atomic mass is 16.5. The molecular weight excluding hydrogens is 190 g/mol. The smallest absolute Gasteiger partial charge is 0.0667 e. The molecular formula is C12H25NO2. The predicted molar refractivity (Wildman–Crippen MR) is 62.1 cm³/mol. The van der Waals surface area contributed by atoms with Crippen molar-refractivity contribution in [3.05, 3.63) is 0 Å². The number of ether oxygens (including phenoxy) is 2. The van der Waals surface area contributed by atoms with Crippen molar-refractivity contribution >= 4 is 0 Å². The number of nitrogens with one attached hydrogen (secondary N) is 1. The molecule has 15 heavy (non-hydrogen) atoms. The van der Waals surface area contributed by atoms with Crippen LogP contribution in [0, 0.1) is 0 Å². The van der Waals surface area contributed by atoms with E-state index in [2.05, 4.69) is 26.1 Å². The normalized spacial score (nSPS) is 34.0. The Balaban J connectivity index is 2.30. The van der Waals surface area contributed by atoms with E-state index in [4.69, 9.17) is 9.47 Å². The Kier molecular flexibility index (Phi) is 5.03. The fraction of sp³-hybridized carbons (Fsp3) is 1.00. The predicted octanol–water partition coefficient (Wildman–Crippen LogP) is 1.96. The van der Waals surface area contributed by atoms with Crippen molar-refractivity contribution in [2.24, 2.45) is 0 Å². The van der Waals surface area contributed by atoms with Crippen molar-refractivity contribution in [1.29, 1.82) is 0 Å². The number of hydrogen-bond donors (Lipinski definition) is 1. The third-order valence-electron chi connectivity index (χ3n) is 3.44. The molecule has 0 amide bonds. The zero-order valence-corrected chi connectivity index (χ0v) is 10.5. The third kappa shape index (κ3) is 4.09. The maximum absolute atomic E-state index is 5.81. The molecule has 3 nitrogen and oxygen atoms in total. The summed E-state index contributed by atoms with van der Waals surface area (Å²) in [5, 5.41) is 3.56. The van der Waals surface area contributed by atoms with Crippen LogP contribution in [0.5, 0.6) is 0 Å². The van der Waals surface area contributed by atoms with E-state index in [1.54, 1.807) is 7.11 Å². The zero-order valence-electron chi connectivity index (χ0n) is 10.5. The summed E-state index contributed by atoms with van der Waals surface area (Å²) in [6, 6.07) is 0.585. The summed E-state index contributed by atoms with van der Waals surface area (Å²) >= 11 is 0. The molecule has 0 aromatic rings. The Labute approximate surface area is 93.5 Å². The van der Waals surface area contributed by atoms with E-state index in [0.29, 0.717) is 12.1 Å². The molecule has 1 aliphatic rings. The van der Waals surface area contributed by atoms with E-state index in [1.807, 2.05) is 0 Å². The minimum absolute atomic E-state index is 0.0756. The SMILES string of the molecule is CCC1(C)CC(NCC(C)OC)CCO1. The van der Waals surface area contributed by atoms with Gasteiger partial charge in [0.1, 0.15) is 0 Å². The van der Waals surface area contributed by atoms with Gasteiger partial charge in [0, 0.05) is 26.3 Å². The van der Waals surface area contributed by atoms with E-state index in [9.17, 15) is 0 Å². The van der Waals surface area contributed by atoms with Crippen LogP contribution in [0.1, 0.15) is 40.0 Å². The molecule has 1 rings (SSSR count). The number of rotatable bonds is 5. The molecule has 0 spiro atoms. The minimum Gasteiger partial charge on any atom is -0.380 e. The van der Waals surface area contributed by atoms with Gasteiger partial charge in [-0.2, -0.15) is 0 Å². The highest BCUT2D eigenvalue weighted by Crippen LogP contribution is 2.27. The quantitative estimate of drug-likeness (QED) is 0.760. The van der Waals surface area contributed by atoms with E-state index in [1.165, 1.54) is 0 Å². The third-order valence-corrected chi connectivity index (χ3v) is 3.44. The monoisotopic (exact) mass is 215 g/mol. The molecule has 0 bridgehead atoms. The summed E-state index contributed by atoms with van der Waals surface area (Å²) in [6.45, 7) is 8.30. The molecule has 0 aliphatic carbocycles. The first kappa shape index (κ1) is 12.9. The summed E-state index contributed by atoms with van der Waals surface area (Å²) in [4.78, 5) is 0. The average Bonchev–Trinajstić information content (AvgIpc) is 2.26. The lowest BCUT2D eigenvalue weighted by Gasteiger charge is -2.38. The van der Waals surface area contributed by atoms with Gasteiger partial charge in [-0.05, 0) is 33.1 Å². The van der Waals surface area contributed by atoms with Crippen LogP contribution in [0.4, 0.5) is 0 Å². The Morgan fingerprint density at radius 2 is 2.33 bits per heavy atom. The van der Waals surface area contributed by atoms with Crippen LogP contribution in [0.2, 0.25) is 0 Å². The van der Waals surface area contributed by atoms with Crippen molar-refractivity contribution in [3.63, 3.8) is 0 Å². The second-order valence-corrected chi connectivity index (χ2v) is 4.80. The maximum atomic E-state index is 5.81. The Morgan fingerprint density at radius 1 is 1.60 bits per heavy atom. The average molecular weight is 215 g/mol. The van der Waals surface area contributed by atoms with Crippen LogP contribution in [0.15, 0.2) is 0 Å². The minimum atomic E-state index is 0.0756. The molecule has 3 unspecified atom stereocenters. The van der Waals surface area contributed by atoms with Crippen LogP contribution in [0.25, 0.3) is 0 Å². The zero-order chi connectivity index (χ0) is 11.3. The van der Waals surface area contributed by atoms with Crippen LogP contribution < -0.4 is 5.32 Å². The van der Waals surface area contributed by atoms with Crippen LogP contribution in [0.3, 0.4) is 0 Å². The first-order chi connectivity index (χ1) is 7.09. The summed E-state index contributed by atoms with van der Waals surface area (Å²) < 4.78 is 11.0. The van der Waals surface area contributed by atoms with Gasteiger partial charge in [-0.15, -0.1) is 0 Å². The maximum Gasteiger partial charge on any atom is 0.0667 e. The summed E-state index contributed by atoms with van der Waals surface area (Å²) in [5.74, 6) is 0. The molecule has 1 heterocycles. The van der Waals surface area contributed by atoms with Crippen LogP contribution in [-0.4, -0.2) is 38.0 Å². The van der Waals surface area contributed by atoms with E-state index >= 15 is 0 Å². The van der Waals surface area contributed by atoms with Gasteiger partial charge in [0.05, 0.1) is 11.7 Å². The van der Waals surface area contributed by atoms with Gasteiger partial charge < -0.3 is 14.8 Å². The molecule has 0 saturated carbocycles. The van der Waals surface area contributed by atoms with Gasteiger partial charge in [0.25, 0.3) is 0 Å². The van der Waals surface area contributed by atoms with Crippen molar-refractivity contribution < 1.29 is 9.47 Å². The number of hydrogen-bond acceptors (Lipinski definition) is 3. The molecule has 90 valence electrons. The molecule has 3 atom stereocenters. The fourth-order valence-electron chi connectivity index (χ4n) is 1.97. The molecule has 0 radical (unpaired) electrons. The van der Waals surface area contributed by atoms with E-state index < -0.39 is 0 Å². The second kappa shape index (κ2) is 5.83. The van der Waals surface area contributed by atoms with Gasteiger partial charge in [-0.25, -0.2) is 0 Å². The lowest BCUT2D eigenvalue weighted by atomic mass is 9.90. The Hall–Kier alpha value is -0.120. The topological polar surface area (TPSA) is 30.5 Å². The molecule has 0 aromatic heterocycles. The lowest BCUT2D eigenvalue weighted by molar-refractivity contribution is -0.0788. The highest BCUT2D eigenvalue weighted by molar-refractivity contribution is 4.85. The van der Waals surface area contributed by atoms with E-state index in [-0.39, 0.29) is 5.60 Å². The van der Waals surface area contributed by atoms with Crippen molar-refractivity contribution in [2.75, 3.05) is 20.3 Å². The van der Waals surface area contributed by atoms with Crippen LogP contribution in [-0.2, 0) is 9.47 Å². The molecule has 0 aromatic carbocycles. The van der Waals surface area contributed by atoms with Crippen molar-refractivity contribution in [1.82, 2.24) is 5.32 Å². The van der Waals surface area contributed by atoms with Gasteiger partial charge in [0.15, 0.2) is 0 Å². The second-order valence-electron chi connectivity index (χ2n) is 4.80. The molecule has 1 fully saturated rings. The fourth-order valence-corrected chi connectivity index (χ4v) is 1.97. The van der Waals surface area contributed by atoms with Crippen molar-refractivity contribution in [2.45, 2.75) is 57.8 Å². The highest BCUT2D eigenvalue weighted by Gasteiger charge is 2.31. The summed E-state index contributed by atoms with van der Waals surface area (Å²) in [6.07, 6.45) is 3.61. The molecule has 3 heteroatoms. The number of methoxy groups -OCH3 is 1.